The molecule has 0 amide bonds. The minimum Gasteiger partial charge on any atom is -0.496 e. The fraction of sp³-hybridized carbons (Fsp3) is 0.538. The van der Waals surface area contributed by atoms with Crippen LogP contribution in [0.1, 0.15) is 23.6 Å². The van der Waals surface area contributed by atoms with Gasteiger partial charge in [-0.2, -0.15) is 0 Å². The summed E-state index contributed by atoms with van der Waals surface area (Å²) in [6.45, 7) is 8.42. The Bertz CT molecular complexity index is 334. The van der Waals surface area contributed by atoms with Crippen LogP contribution in [0.4, 0.5) is 0 Å². The van der Waals surface area contributed by atoms with Crippen LogP contribution >= 0.6 is 0 Å². The second kappa shape index (κ2) is 5.17. The highest BCUT2D eigenvalue weighted by atomic mass is 16.5. The van der Waals surface area contributed by atoms with Crippen molar-refractivity contribution in [2.75, 3.05) is 20.7 Å². The van der Waals surface area contributed by atoms with Gasteiger partial charge < -0.3 is 9.64 Å². The molecule has 0 saturated carbocycles. The summed E-state index contributed by atoms with van der Waals surface area (Å²) in [4.78, 5) is 2.27. The van der Waals surface area contributed by atoms with E-state index in [0.29, 0.717) is 0 Å². The molecule has 0 bridgehead atoms. The molecule has 0 saturated heterocycles. The van der Waals surface area contributed by atoms with Crippen LogP contribution in [0.3, 0.4) is 0 Å². The number of nitrogens with zero attached hydrogens (tertiary/aromatic N) is 1. The second-order valence-electron chi connectivity index (χ2n) is 4.08. The van der Waals surface area contributed by atoms with Crippen LogP contribution in [0.25, 0.3) is 0 Å². The molecule has 1 rings (SSSR count). The maximum atomic E-state index is 5.40. The van der Waals surface area contributed by atoms with Crippen LogP contribution in [0.2, 0.25) is 0 Å². The highest BCUT2D eigenvalue weighted by molar-refractivity contribution is 5.41. The van der Waals surface area contributed by atoms with E-state index in [2.05, 4.69) is 44.9 Å². The van der Waals surface area contributed by atoms with Gasteiger partial charge in [0.25, 0.3) is 0 Å². The number of hydrogen-bond donors (Lipinski definition) is 0. The van der Waals surface area contributed by atoms with Gasteiger partial charge >= 0.3 is 0 Å². The monoisotopic (exact) mass is 207 g/mol. The van der Waals surface area contributed by atoms with Gasteiger partial charge in [0, 0.05) is 12.1 Å². The van der Waals surface area contributed by atoms with E-state index in [-0.39, 0.29) is 0 Å². The van der Waals surface area contributed by atoms with E-state index < -0.39 is 0 Å². The Morgan fingerprint density at radius 3 is 2.33 bits per heavy atom. The molecule has 1 aromatic carbocycles. The van der Waals surface area contributed by atoms with Gasteiger partial charge in [-0.1, -0.05) is 13.0 Å². The van der Waals surface area contributed by atoms with Crippen molar-refractivity contribution in [3.05, 3.63) is 28.8 Å². The second-order valence-corrected chi connectivity index (χ2v) is 4.08. The SMILES string of the molecule is CCN(C)Cc1cc(C)c(C)cc1OC. The number of benzene rings is 1. The quantitative estimate of drug-likeness (QED) is 0.752. The van der Waals surface area contributed by atoms with E-state index >= 15 is 0 Å². The average molecular weight is 207 g/mol. The zero-order valence-electron chi connectivity index (χ0n) is 10.4. The van der Waals surface area contributed by atoms with Crippen molar-refractivity contribution in [3.63, 3.8) is 0 Å². The van der Waals surface area contributed by atoms with Crippen LogP contribution in [0.15, 0.2) is 12.1 Å². The van der Waals surface area contributed by atoms with Gasteiger partial charge in [-0.3, -0.25) is 0 Å². The summed E-state index contributed by atoms with van der Waals surface area (Å²) in [6, 6.07) is 4.34. The molecule has 0 aliphatic carbocycles. The van der Waals surface area contributed by atoms with Crippen molar-refractivity contribution in [3.8, 4) is 5.75 Å². The fourth-order valence-corrected chi connectivity index (χ4v) is 1.57. The summed E-state index contributed by atoms with van der Waals surface area (Å²) in [6.07, 6.45) is 0. The maximum Gasteiger partial charge on any atom is 0.123 e. The molecule has 0 aliphatic heterocycles. The van der Waals surface area contributed by atoms with Gasteiger partial charge in [-0.15, -0.1) is 0 Å². The van der Waals surface area contributed by atoms with Crippen molar-refractivity contribution in [1.82, 2.24) is 4.90 Å². The van der Waals surface area contributed by atoms with E-state index in [4.69, 9.17) is 4.74 Å². The van der Waals surface area contributed by atoms with Gasteiger partial charge in [0.2, 0.25) is 0 Å². The normalized spacial score (nSPS) is 10.8. The van der Waals surface area contributed by atoms with E-state index in [1.54, 1.807) is 7.11 Å². The molecule has 0 unspecified atom stereocenters. The molecule has 0 heterocycles. The molecular weight excluding hydrogens is 186 g/mol. The first-order valence-corrected chi connectivity index (χ1v) is 5.41. The zero-order chi connectivity index (χ0) is 11.4. The van der Waals surface area contributed by atoms with Crippen LogP contribution in [0, 0.1) is 13.8 Å². The Kier molecular flexibility index (Phi) is 4.15. The molecule has 0 N–H and O–H groups in total. The fourth-order valence-electron chi connectivity index (χ4n) is 1.57. The van der Waals surface area contributed by atoms with Crippen LogP contribution < -0.4 is 4.74 Å². The number of rotatable bonds is 4. The number of ether oxygens (including phenoxy) is 1. The minimum atomic E-state index is 0.945. The van der Waals surface area contributed by atoms with Crippen molar-refractivity contribution in [1.29, 1.82) is 0 Å². The summed E-state index contributed by atoms with van der Waals surface area (Å²) in [7, 11) is 3.86. The molecule has 0 aromatic heterocycles. The molecule has 15 heavy (non-hydrogen) atoms. The first kappa shape index (κ1) is 12.1. The number of hydrogen-bond acceptors (Lipinski definition) is 2. The summed E-state index contributed by atoms with van der Waals surface area (Å²) in [5.41, 5.74) is 3.88. The topological polar surface area (TPSA) is 12.5 Å². The van der Waals surface area contributed by atoms with Crippen LogP contribution in [-0.4, -0.2) is 25.6 Å². The third-order valence-corrected chi connectivity index (χ3v) is 2.88. The first-order chi connectivity index (χ1) is 7.08. The van der Waals surface area contributed by atoms with Gasteiger partial charge in [0.1, 0.15) is 5.75 Å². The van der Waals surface area contributed by atoms with Crippen molar-refractivity contribution in [2.45, 2.75) is 27.3 Å². The highest BCUT2D eigenvalue weighted by Crippen LogP contribution is 2.23. The summed E-state index contributed by atoms with van der Waals surface area (Å²) >= 11 is 0. The number of methoxy groups -OCH3 is 1. The summed E-state index contributed by atoms with van der Waals surface area (Å²) in [5.74, 6) is 0.999. The molecule has 0 aliphatic rings. The lowest BCUT2D eigenvalue weighted by Crippen LogP contribution is -2.17. The summed E-state index contributed by atoms with van der Waals surface area (Å²) in [5, 5.41) is 0. The molecule has 1 aromatic rings. The lowest BCUT2D eigenvalue weighted by Gasteiger charge is -2.17. The first-order valence-electron chi connectivity index (χ1n) is 5.41. The van der Waals surface area contributed by atoms with E-state index in [1.807, 2.05) is 0 Å². The molecule has 2 heteroatoms. The molecule has 2 nitrogen and oxygen atoms in total. The Morgan fingerprint density at radius 2 is 1.80 bits per heavy atom. The Balaban J connectivity index is 2.99. The lowest BCUT2D eigenvalue weighted by atomic mass is 10.0. The highest BCUT2D eigenvalue weighted by Gasteiger charge is 2.07. The molecule has 84 valence electrons. The van der Waals surface area contributed by atoms with E-state index in [0.717, 1.165) is 18.8 Å². The predicted octanol–water partition coefficient (Wildman–Crippen LogP) is 2.76. The largest absolute Gasteiger partial charge is 0.496 e. The van der Waals surface area contributed by atoms with Crippen LogP contribution in [0.5, 0.6) is 5.75 Å². The average Bonchev–Trinajstić information content (AvgIpc) is 2.22. The third-order valence-electron chi connectivity index (χ3n) is 2.88. The standard InChI is InChI=1S/C13H21NO/c1-6-14(4)9-12-7-10(2)11(3)8-13(12)15-5/h7-8H,6,9H2,1-5H3. The molecular formula is C13H21NO. The third kappa shape index (κ3) is 2.96. The minimum absolute atomic E-state index is 0.945. The van der Waals surface area contributed by atoms with Crippen molar-refractivity contribution >= 4 is 0 Å². The van der Waals surface area contributed by atoms with Gasteiger partial charge in [0.15, 0.2) is 0 Å². The van der Waals surface area contributed by atoms with Crippen LogP contribution in [-0.2, 0) is 6.54 Å². The lowest BCUT2D eigenvalue weighted by molar-refractivity contribution is 0.333. The Hall–Kier alpha value is -1.02. The van der Waals surface area contributed by atoms with Gasteiger partial charge in [0.05, 0.1) is 7.11 Å². The summed E-state index contributed by atoms with van der Waals surface area (Å²) < 4.78 is 5.40. The molecule has 0 radical (unpaired) electrons. The molecule has 0 atom stereocenters. The van der Waals surface area contributed by atoms with Crippen molar-refractivity contribution in [2.24, 2.45) is 0 Å². The Morgan fingerprint density at radius 1 is 1.20 bits per heavy atom. The molecule has 0 spiro atoms. The van der Waals surface area contributed by atoms with E-state index in [1.165, 1.54) is 16.7 Å². The molecule has 0 fully saturated rings. The van der Waals surface area contributed by atoms with Gasteiger partial charge in [-0.05, 0) is 44.6 Å². The smallest absolute Gasteiger partial charge is 0.123 e. The van der Waals surface area contributed by atoms with E-state index in [9.17, 15) is 0 Å². The maximum absolute atomic E-state index is 5.40. The predicted molar refractivity (Wildman–Crippen MR) is 64.5 cm³/mol. The van der Waals surface area contributed by atoms with Crippen molar-refractivity contribution < 1.29 is 4.74 Å². The Labute approximate surface area is 92.9 Å². The number of aryl methyl sites for hydroxylation is 2. The zero-order valence-corrected chi connectivity index (χ0v) is 10.4. The van der Waals surface area contributed by atoms with Gasteiger partial charge in [-0.25, -0.2) is 0 Å².